The van der Waals surface area contributed by atoms with Crippen LogP contribution in [0.3, 0.4) is 0 Å². The molecule has 3 nitrogen and oxygen atoms in total. The number of amides is 1. The lowest BCUT2D eigenvalue weighted by atomic mass is 9.84. The highest BCUT2D eigenvalue weighted by molar-refractivity contribution is 9.10. The maximum absolute atomic E-state index is 13.5. The first kappa shape index (κ1) is 21.6. The van der Waals surface area contributed by atoms with Crippen molar-refractivity contribution in [3.8, 4) is 11.3 Å². The van der Waals surface area contributed by atoms with Crippen molar-refractivity contribution in [3.05, 3.63) is 64.1 Å². The van der Waals surface area contributed by atoms with Crippen molar-refractivity contribution in [2.75, 3.05) is 0 Å². The molecule has 2 fully saturated rings. The number of nitrogens with zero attached hydrogens (tertiary/aromatic N) is 1. The van der Waals surface area contributed by atoms with Gasteiger partial charge in [-0.25, -0.2) is 4.98 Å². The Hall–Kier alpha value is -2.20. The minimum absolute atomic E-state index is 0.00539. The Labute approximate surface area is 199 Å². The van der Waals surface area contributed by atoms with E-state index in [1.165, 1.54) is 31.2 Å². The molecule has 2 aromatic carbocycles. The van der Waals surface area contributed by atoms with Gasteiger partial charge in [-0.3, -0.25) is 4.79 Å². The molecule has 0 aliphatic heterocycles. The Morgan fingerprint density at radius 1 is 1.03 bits per heavy atom. The van der Waals surface area contributed by atoms with Crippen LogP contribution in [0.2, 0.25) is 0 Å². The van der Waals surface area contributed by atoms with Gasteiger partial charge in [0.05, 0.1) is 16.8 Å². The molecular weight excluding hydrogens is 460 g/mol. The van der Waals surface area contributed by atoms with Crippen LogP contribution in [0.15, 0.2) is 53.0 Å². The third-order valence-electron chi connectivity index (χ3n) is 7.68. The molecule has 166 valence electrons. The normalized spacial score (nSPS) is 23.1. The molecule has 0 radical (unpaired) electrons. The molecule has 3 aromatic rings. The van der Waals surface area contributed by atoms with Crippen molar-refractivity contribution in [2.24, 2.45) is 17.8 Å². The zero-order valence-electron chi connectivity index (χ0n) is 19.1. The molecule has 0 unspecified atom stereocenters. The Balaban J connectivity index is 1.49. The number of nitrogens with one attached hydrogen (secondary N) is 1. The summed E-state index contributed by atoms with van der Waals surface area (Å²) < 4.78 is 0.955. The van der Waals surface area contributed by atoms with E-state index in [-0.39, 0.29) is 11.9 Å². The molecule has 32 heavy (non-hydrogen) atoms. The van der Waals surface area contributed by atoms with Crippen LogP contribution in [0.25, 0.3) is 22.2 Å². The van der Waals surface area contributed by atoms with Gasteiger partial charge in [0.15, 0.2) is 0 Å². The lowest BCUT2D eigenvalue weighted by molar-refractivity contribution is 0.0917. The summed E-state index contributed by atoms with van der Waals surface area (Å²) in [6.45, 7) is 6.58. The van der Waals surface area contributed by atoms with Gasteiger partial charge in [0.2, 0.25) is 0 Å². The van der Waals surface area contributed by atoms with E-state index in [0.29, 0.717) is 17.4 Å². The van der Waals surface area contributed by atoms with Gasteiger partial charge in [-0.05, 0) is 79.7 Å². The summed E-state index contributed by atoms with van der Waals surface area (Å²) in [4.78, 5) is 18.4. The predicted octanol–water partition coefficient (Wildman–Crippen LogP) is 7.34. The van der Waals surface area contributed by atoms with Crippen molar-refractivity contribution < 1.29 is 4.79 Å². The molecule has 1 amide bonds. The molecule has 2 bridgehead atoms. The van der Waals surface area contributed by atoms with Gasteiger partial charge < -0.3 is 5.32 Å². The molecule has 1 N–H and O–H groups in total. The number of carbonyl (C=O) groups is 1. The molecule has 2 saturated carbocycles. The molecule has 2 aliphatic rings. The fourth-order valence-electron chi connectivity index (χ4n) is 5.87. The van der Waals surface area contributed by atoms with Gasteiger partial charge in [0.1, 0.15) is 0 Å². The van der Waals surface area contributed by atoms with Crippen LogP contribution >= 0.6 is 15.9 Å². The SMILES string of the molecule is CC(C)c1ccc(-c2cc(C(=O)N[C@H](C)[C@H]3C[C@@H]4CC[C@@H]3C4)c3cc(Br)ccc3n2)cc1. The lowest BCUT2D eigenvalue weighted by Crippen LogP contribution is -2.40. The minimum atomic E-state index is 0.00539. The Kier molecular flexibility index (Phi) is 5.83. The molecule has 4 heteroatoms. The second-order valence-corrected chi connectivity index (χ2v) is 11.0. The number of carbonyl (C=O) groups excluding carboxylic acids is 1. The van der Waals surface area contributed by atoms with Crippen LogP contribution in [-0.4, -0.2) is 16.9 Å². The predicted molar refractivity (Wildman–Crippen MR) is 135 cm³/mol. The topological polar surface area (TPSA) is 42.0 Å². The fourth-order valence-corrected chi connectivity index (χ4v) is 6.23. The molecule has 0 saturated heterocycles. The highest BCUT2D eigenvalue weighted by Gasteiger charge is 2.42. The first-order valence-electron chi connectivity index (χ1n) is 11.9. The zero-order chi connectivity index (χ0) is 22.4. The van der Waals surface area contributed by atoms with Crippen LogP contribution in [0.4, 0.5) is 0 Å². The third-order valence-corrected chi connectivity index (χ3v) is 8.18. The summed E-state index contributed by atoms with van der Waals surface area (Å²) in [6, 6.07) is 16.7. The second-order valence-electron chi connectivity index (χ2n) is 10.1. The van der Waals surface area contributed by atoms with Crippen molar-refractivity contribution in [3.63, 3.8) is 0 Å². The fraction of sp³-hybridized carbons (Fsp3) is 0.429. The van der Waals surface area contributed by atoms with Gasteiger partial charge in [-0.1, -0.05) is 60.5 Å². The third kappa shape index (κ3) is 4.10. The van der Waals surface area contributed by atoms with E-state index in [9.17, 15) is 4.79 Å². The van der Waals surface area contributed by atoms with E-state index in [1.54, 1.807) is 0 Å². The average Bonchev–Trinajstić information content (AvgIpc) is 3.42. The summed E-state index contributed by atoms with van der Waals surface area (Å²) >= 11 is 3.57. The van der Waals surface area contributed by atoms with E-state index in [0.717, 1.165) is 38.5 Å². The number of aromatic nitrogens is 1. The highest BCUT2D eigenvalue weighted by atomic mass is 79.9. The maximum atomic E-state index is 13.5. The quantitative estimate of drug-likeness (QED) is 0.406. The maximum Gasteiger partial charge on any atom is 0.252 e. The van der Waals surface area contributed by atoms with E-state index in [4.69, 9.17) is 4.98 Å². The van der Waals surface area contributed by atoms with E-state index < -0.39 is 0 Å². The van der Waals surface area contributed by atoms with Gasteiger partial charge >= 0.3 is 0 Å². The first-order chi connectivity index (χ1) is 15.4. The van der Waals surface area contributed by atoms with Crippen LogP contribution in [0.5, 0.6) is 0 Å². The molecule has 1 aromatic heterocycles. The van der Waals surface area contributed by atoms with Crippen molar-refractivity contribution in [2.45, 2.75) is 58.4 Å². The first-order valence-corrected chi connectivity index (χ1v) is 12.7. The lowest BCUT2D eigenvalue weighted by Gasteiger charge is -2.28. The Morgan fingerprint density at radius 3 is 2.47 bits per heavy atom. The van der Waals surface area contributed by atoms with Gasteiger partial charge in [0, 0.05) is 21.5 Å². The van der Waals surface area contributed by atoms with Gasteiger partial charge in [-0.2, -0.15) is 0 Å². The summed E-state index contributed by atoms with van der Waals surface area (Å²) in [7, 11) is 0. The monoisotopic (exact) mass is 490 g/mol. The Morgan fingerprint density at radius 2 is 1.81 bits per heavy atom. The number of fused-ring (bicyclic) bond motifs is 3. The summed E-state index contributed by atoms with van der Waals surface area (Å²) in [5, 5.41) is 4.24. The summed E-state index contributed by atoms with van der Waals surface area (Å²) in [5.74, 6) is 2.77. The second kappa shape index (κ2) is 8.62. The highest BCUT2D eigenvalue weighted by Crippen LogP contribution is 2.49. The average molecular weight is 491 g/mol. The van der Waals surface area contributed by atoms with Crippen LogP contribution in [-0.2, 0) is 0 Å². The minimum Gasteiger partial charge on any atom is -0.349 e. The van der Waals surface area contributed by atoms with E-state index in [2.05, 4.69) is 66.3 Å². The largest absolute Gasteiger partial charge is 0.349 e. The molecular formula is C28H31BrN2O. The van der Waals surface area contributed by atoms with Gasteiger partial charge in [-0.15, -0.1) is 0 Å². The van der Waals surface area contributed by atoms with Crippen molar-refractivity contribution in [1.29, 1.82) is 0 Å². The number of benzene rings is 2. The standard InChI is InChI=1S/C28H31BrN2O/c1-16(2)19-6-8-20(9-7-19)27-15-25(24-14-22(29)10-11-26(24)31-27)28(32)30-17(3)23-13-18-4-5-21(23)12-18/h6-11,14-18,21,23H,4-5,12-13H2,1-3H3,(H,30,32)/t17-,18-,21-,23-/m1/s1. The molecule has 0 spiro atoms. The summed E-state index contributed by atoms with van der Waals surface area (Å²) in [6.07, 6.45) is 5.33. The van der Waals surface area contributed by atoms with E-state index in [1.807, 2.05) is 24.3 Å². The number of halogens is 1. The number of hydrogen-bond acceptors (Lipinski definition) is 2. The number of pyridine rings is 1. The van der Waals surface area contributed by atoms with Crippen LogP contribution in [0, 0.1) is 17.8 Å². The molecule has 2 aliphatic carbocycles. The Bertz CT molecular complexity index is 1150. The zero-order valence-corrected chi connectivity index (χ0v) is 20.7. The van der Waals surface area contributed by atoms with Crippen molar-refractivity contribution in [1.82, 2.24) is 10.3 Å². The van der Waals surface area contributed by atoms with Crippen molar-refractivity contribution >= 4 is 32.7 Å². The number of rotatable bonds is 5. The molecule has 5 rings (SSSR count). The van der Waals surface area contributed by atoms with Crippen LogP contribution in [0.1, 0.15) is 68.3 Å². The van der Waals surface area contributed by atoms with E-state index >= 15 is 0 Å². The number of hydrogen-bond donors (Lipinski definition) is 1. The van der Waals surface area contributed by atoms with Crippen LogP contribution < -0.4 is 5.32 Å². The smallest absolute Gasteiger partial charge is 0.252 e. The molecule has 4 atom stereocenters. The summed E-state index contributed by atoms with van der Waals surface area (Å²) in [5.41, 5.74) is 4.73. The molecule has 1 heterocycles. The van der Waals surface area contributed by atoms with Gasteiger partial charge in [0.25, 0.3) is 5.91 Å².